The lowest BCUT2D eigenvalue weighted by Gasteiger charge is -2.38. The lowest BCUT2D eigenvalue weighted by Crippen LogP contribution is -2.48. The number of fused-ring (bicyclic) bond motifs is 1. The van der Waals surface area contributed by atoms with Crippen molar-refractivity contribution in [2.24, 2.45) is 0 Å². The summed E-state index contributed by atoms with van der Waals surface area (Å²) in [6, 6.07) is 7.85. The van der Waals surface area contributed by atoms with Crippen LogP contribution in [-0.4, -0.2) is 42.0 Å². The van der Waals surface area contributed by atoms with Gasteiger partial charge in [-0.15, -0.1) is 0 Å². The Hall–Kier alpha value is -1.85. The molecule has 1 fully saturated rings. The second kappa shape index (κ2) is 5.26. The summed E-state index contributed by atoms with van der Waals surface area (Å²) in [6.45, 7) is 3.45. The zero-order valence-corrected chi connectivity index (χ0v) is 11.5. The molecule has 106 valence electrons. The van der Waals surface area contributed by atoms with Crippen molar-refractivity contribution < 1.29 is 9.84 Å². The van der Waals surface area contributed by atoms with Crippen LogP contribution in [0, 0.1) is 0 Å². The summed E-state index contributed by atoms with van der Waals surface area (Å²) in [5.41, 5.74) is 8.92. The summed E-state index contributed by atoms with van der Waals surface area (Å²) in [5, 5.41) is 10.3. The molecule has 2 atom stereocenters. The molecule has 0 amide bonds. The van der Waals surface area contributed by atoms with E-state index >= 15 is 0 Å². The molecule has 1 aromatic carbocycles. The Morgan fingerprint density at radius 3 is 3.05 bits per heavy atom. The van der Waals surface area contributed by atoms with Crippen LogP contribution in [0.1, 0.15) is 6.92 Å². The van der Waals surface area contributed by atoms with E-state index in [4.69, 9.17) is 10.5 Å². The molecule has 0 spiro atoms. The Kier molecular flexibility index (Phi) is 3.46. The van der Waals surface area contributed by atoms with Gasteiger partial charge in [0, 0.05) is 24.7 Å². The van der Waals surface area contributed by atoms with E-state index in [9.17, 15) is 5.11 Å². The van der Waals surface area contributed by atoms with Crippen LogP contribution < -0.4 is 10.6 Å². The summed E-state index contributed by atoms with van der Waals surface area (Å²) < 4.78 is 5.67. The monoisotopic (exact) mass is 273 g/mol. The van der Waals surface area contributed by atoms with E-state index in [1.165, 1.54) is 0 Å². The molecule has 5 heteroatoms. The van der Waals surface area contributed by atoms with Crippen LogP contribution >= 0.6 is 0 Å². The smallest absolute Gasteiger partial charge is 0.0984 e. The lowest BCUT2D eigenvalue weighted by molar-refractivity contribution is -0.0420. The van der Waals surface area contributed by atoms with Crippen LogP contribution in [0.3, 0.4) is 0 Å². The highest BCUT2D eigenvalue weighted by Gasteiger charge is 2.26. The molecule has 1 aliphatic heterocycles. The van der Waals surface area contributed by atoms with E-state index in [1.54, 1.807) is 6.20 Å². The van der Waals surface area contributed by atoms with Gasteiger partial charge in [-0.05, 0) is 31.2 Å². The third kappa shape index (κ3) is 2.30. The Bertz CT molecular complexity index is 617. The number of benzene rings is 1. The van der Waals surface area contributed by atoms with Gasteiger partial charge in [0.2, 0.25) is 0 Å². The highest BCUT2D eigenvalue weighted by atomic mass is 16.5. The number of nitrogens with two attached hydrogens (primary N) is 1. The van der Waals surface area contributed by atoms with E-state index in [2.05, 4.69) is 9.88 Å². The van der Waals surface area contributed by atoms with Crippen LogP contribution in [0.2, 0.25) is 0 Å². The number of nitrogen functional groups attached to an aromatic ring is 1. The number of rotatable bonds is 2. The first kappa shape index (κ1) is 13.1. The predicted octanol–water partition coefficient (Wildman–Crippen LogP) is 1.40. The Morgan fingerprint density at radius 2 is 2.25 bits per heavy atom. The zero-order chi connectivity index (χ0) is 14.1. The largest absolute Gasteiger partial charge is 0.396 e. The fraction of sp³-hybridized carbons (Fsp3) is 0.400. The van der Waals surface area contributed by atoms with E-state index in [0.717, 1.165) is 28.8 Å². The van der Waals surface area contributed by atoms with Gasteiger partial charge in [-0.3, -0.25) is 4.98 Å². The number of ether oxygens (including phenoxy) is 1. The molecule has 2 unspecified atom stereocenters. The second-order valence-corrected chi connectivity index (χ2v) is 5.22. The number of pyridine rings is 1. The van der Waals surface area contributed by atoms with Crippen LogP contribution in [0.5, 0.6) is 0 Å². The third-order valence-electron chi connectivity index (χ3n) is 3.67. The summed E-state index contributed by atoms with van der Waals surface area (Å²) in [5.74, 6) is 0. The van der Waals surface area contributed by atoms with Crippen LogP contribution in [0.4, 0.5) is 11.4 Å². The van der Waals surface area contributed by atoms with Crippen molar-refractivity contribution in [2.45, 2.75) is 19.1 Å². The molecular weight excluding hydrogens is 254 g/mol. The standard InChI is InChI=1S/C15H19N3O2/c1-10-7-18(8-11(9-19)20-10)14-5-4-13-12(15(14)16)3-2-6-17-13/h2-6,10-11,19H,7-9,16H2,1H3. The number of nitrogens with zero attached hydrogens (tertiary/aromatic N) is 2. The molecule has 2 aromatic rings. The molecule has 1 aliphatic rings. The lowest BCUT2D eigenvalue weighted by atomic mass is 10.1. The Morgan fingerprint density at radius 1 is 1.40 bits per heavy atom. The minimum absolute atomic E-state index is 0.0237. The third-order valence-corrected chi connectivity index (χ3v) is 3.67. The fourth-order valence-electron chi connectivity index (χ4n) is 2.78. The van der Waals surface area contributed by atoms with Crippen LogP contribution in [0.25, 0.3) is 10.9 Å². The van der Waals surface area contributed by atoms with Gasteiger partial charge in [-0.25, -0.2) is 0 Å². The SMILES string of the molecule is CC1CN(c2ccc3ncccc3c2N)CC(CO)O1. The first-order valence-electron chi connectivity index (χ1n) is 6.83. The number of aliphatic hydroxyl groups is 1. The minimum atomic E-state index is -0.164. The molecule has 3 N–H and O–H groups in total. The normalized spacial score (nSPS) is 23.2. The number of anilines is 2. The summed E-state index contributed by atoms with van der Waals surface area (Å²) >= 11 is 0. The maximum absolute atomic E-state index is 9.32. The first-order chi connectivity index (χ1) is 9.69. The van der Waals surface area contributed by atoms with E-state index in [-0.39, 0.29) is 18.8 Å². The van der Waals surface area contributed by atoms with Gasteiger partial charge in [0.15, 0.2) is 0 Å². The zero-order valence-electron chi connectivity index (χ0n) is 11.5. The molecule has 0 saturated carbocycles. The Balaban J connectivity index is 1.99. The van der Waals surface area contributed by atoms with Crippen molar-refractivity contribution in [2.75, 3.05) is 30.3 Å². The highest BCUT2D eigenvalue weighted by molar-refractivity contribution is 5.97. The molecule has 1 aromatic heterocycles. The average Bonchev–Trinajstić information content (AvgIpc) is 2.47. The maximum atomic E-state index is 9.32. The summed E-state index contributed by atoms with van der Waals surface area (Å²) in [4.78, 5) is 6.49. The Labute approximate surface area is 118 Å². The van der Waals surface area contributed by atoms with Crippen molar-refractivity contribution in [3.05, 3.63) is 30.5 Å². The fourth-order valence-corrected chi connectivity index (χ4v) is 2.78. The molecule has 20 heavy (non-hydrogen) atoms. The molecule has 3 rings (SSSR count). The van der Waals surface area contributed by atoms with E-state index < -0.39 is 0 Å². The highest BCUT2D eigenvalue weighted by Crippen LogP contribution is 2.32. The summed E-state index contributed by atoms with van der Waals surface area (Å²) in [6.07, 6.45) is 1.67. The van der Waals surface area contributed by atoms with Gasteiger partial charge in [0.25, 0.3) is 0 Å². The molecule has 5 nitrogen and oxygen atoms in total. The first-order valence-corrected chi connectivity index (χ1v) is 6.83. The van der Waals surface area contributed by atoms with Gasteiger partial charge < -0.3 is 20.5 Å². The van der Waals surface area contributed by atoms with Crippen molar-refractivity contribution >= 4 is 22.3 Å². The van der Waals surface area contributed by atoms with Gasteiger partial charge in [-0.2, -0.15) is 0 Å². The van der Waals surface area contributed by atoms with E-state index in [0.29, 0.717) is 6.54 Å². The van der Waals surface area contributed by atoms with Crippen LogP contribution in [0.15, 0.2) is 30.5 Å². The quantitative estimate of drug-likeness (QED) is 0.809. The number of aliphatic hydroxyl groups excluding tert-OH is 1. The van der Waals surface area contributed by atoms with Crippen molar-refractivity contribution in [3.8, 4) is 0 Å². The number of aromatic nitrogens is 1. The van der Waals surface area contributed by atoms with Gasteiger partial charge in [0.05, 0.1) is 35.7 Å². The second-order valence-electron chi connectivity index (χ2n) is 5.22. The number of hydrogen-bond donors (Lipinski definition) is 2. The van der Waals surface area contributed by atoms with Crippen LogP contribution in [-0.2, 0) is 4.74 Å². The van der Waals surface area contributed by atoms with E-state index in [1.807, 2.05) is 31.2 Å². The number of morpholine rings is 1. The predicted molar refractivity (Wildman–Crippen MR) is 79.8 cm³/mol. The van der Waals surface area contributed by atoms with Crippen molar-refractivity contribution in [1.82, 2.24) is 4.98 Å². The van der Waals surface area contributed by atoms with Gasteiger partial charge in [-0.1, -0.05) is 0 Å². The maximum Gasteiger partial charge on any atom is 0.0984 e. The van der Waals surface area contributed by atoms with Crippen molar-refractivity contribution in [3.63, 3.8) is 0 Å². The molecule has 1 saturated heterocycles. The summed E-state index contributed by atoms with van der Waals surface area (Å²) in [7, 11) is 0. The van der Waals surface area contributed by atoms with Gasteiger partial charge >= 0.3 is 0 Å². The molecule has 0 radical (unpaired) electrons. The molecule has 0 bridgehead atoms. The average molecular weight is 273 g/mol. The molecule has 0 aliphatic carbocycles. The topological polar surface area (TPSA) is 71.6 Å². The van der Waals surface area contributed by atoms with Crippen molar-refractivity contribution in [1.29, 1.82) is 0 Å². The van der Waals surface area contributed by atoms with Gasteiger partial charge in [0.1, 0.15) is 0 Å². The molecule has 2 heterocycles. The molecular formula is C15H19N3O2. The number of hydrogen-bond acceptors (Lipinski definition) is 5. The minimum Gasteiger partial charge on any atom is -0.396 e.